The van der Waals surface area contributed by atoms with Gasteiger partial charge in [-0.1, -0.05) is 78.9 Å². The van der Waals surface area contributed by atoms with Crippen molar-refractivity contribution in [3.63, 3.8) is 0 Å². The molecule has 0 N–H and O–H groups in total. The lowest BCUT2D eigenvalue weighted by atomic mass is 9.63. The van der Waals surface area contributed by atoms with Crippen LogP contribution in [0.25, 0.3) is 22.3 Å². The van der Waals surface area contributed by atoms with Crippen molar-refractivity contribution in [2.75, 3.05) is 7.11 Å². The molecule has 1 aliphatic carbocycles. The lowest BCUT2D eigenvalue weighted by molar-refractivity contribution is -0.110. The molecule has 4 aromatic carbocycles. The first kappa shape index (κ1) is 26.1. The maximum absolute atomic E-state index is 14.7. The van der Waals surface area contributed by atoms with E-state index in [1.165, 1.54) is 25.3 Å². The predicted molar refractivity (Wildman–Crippen MR) is 153 cm³/mol. The van der Waals surface area contributed by atoms with Gasteiger partial charge < -0.3 is 4.74 Å². The predicted octanol–water partition coefficient (Wildman–Crippen LogP) is 6.88. The van der Waals surface area contributed by atoms with Crippen LogP contribution in [0, 0.1) is 28.6 Å². The quantitative estimate of drug-likeness (QED) is 0.248. The first-order valence-electron chi connectivity index (χ1n) is 12.7. The number of rotatable bonds is 7. The van der Waals surface area contributed by atoms with Crippen LogP contribution < -0.4 is 4.74 Å². The summed E-state index contributed by atoms with van der Waals surface area (Å²) < 4.78 is 5.37. The largest absolute Gasteiger partial charge is 0.497 e. The number of hydrogen-bond acceptors (Lipinski definition) is 5. The van der Waals surface area contributed by atoms with Gasteiger partial charge in [-0.2, -0.15) is 10.5 Å². The molecule has 5 nitrogen and oxygen atoms in total. The molecule has 5 heteroatoms. The van der Waals surface area contributed by atoms with E-state index in [0.717, 1.165) is 22.3 Å². The Bertz CT molecular complexity index is 1670. The van der Waals surface area contributed by atoms with Crippen molar-refractivity contribution in [1.82, 2.24) is 0 Å². The molecule has 0 saturated carbocycles. The van der Waals surface area contributed by atoms with Crippen LogP contribution in [0.3, 0.4) is 0 Å². The number of allylic oxidation sites excluding steroid dienone is 4. The van der Waals surface area contributed by atoms with Gasteiger partial charge in [0.05, 0.1) is 19.2 Å². The second kappa shape index (κ2) is 11.1. The SMILES string of the molecule is COc1cccc(C(=O)C2(c3cc(-c4ccccc4)cc(-c4ccccc4)c3)C=CC(=O)C=C2C(C#N)C#N)c1. The standard InChI is InChI=1S/C35H24N2O3/c1-40-32-14-8-13-26(20-32)34(39)35(16-15-31(38)21-33(35)29(22-36)23-37)30-18-27(24-9-4-2-5-10-24)17-28(19-30)25-11-6-3-7-12-25/h2-21,29H,1H3. The fourth-order valence-corrected chi connectivity index (χ4v) is 5.14. The number of nitriles is 2. The van der Waals surface area contributed by atoms with Gasteiger partial charge in [0.15, 0.2) is 17.5 Å². The van der Waals surface area contributed by atoms with Gasteiger partial charge in [0.1, 0.15) is 11.2 Å². The van der Waals surface area contributed by atoms with Gasteiger partial charge >= 0.3 is 0 Å². The van der Waals surface area contributed by atoms with Crippen LogP contribution in [-0.2, 0) is 10.2 Å². The Morgan fingerprint density at radius 2 is 1.38 bits per heavy atom. The number of carbonyl (C=O) groups is 2. The average Bonchev–Trinajstić information content (AvgIpc) is 3.02. The lowest BCUT2D eigenvalue weighted by Gasteiger charge is -2.35. The number of ketones is 2. The number of hydrogen-bond donors (Lipinski definition) is 0. The molecule has 1 aliphatic rings. The highest BCUT2D eigenvalue weighted by Crippen LogP contribution is 2.45. The fraction of sp³-hybridized carbons (Fsp3) is 0.0857. The van der Waals surface area contributed by atoms with Crippen LogP contribution in [0.4, 0.5) is 0 Å². The van der Waals surface area contributed by atoms with Gasteiger partial charge in [0.2, 0.25) is 0 Å². The van der Waals surface area contributed by atoms with Gasteiger partial charge in [-0.25, -0.2) is 0 Å². The van der Waals surface area contributed by atoms with E-state index < -0.39 is 11.3 Å². The van der Waals surface area contributed by atoms with E-state index in [1.807, 2.05) is 91.0 Å². The zero-order valence-corrected chi connectivity index (χ0v) is 21.7. The summed E-state index contributed by atoms with van der Waals surface area (Å²) in [5.74, 6) is -1.60. The highest BCUT2D eigenvalue weighted by molar-refractivity contribution is 6.13. The van der Waals surface area contributed by atoms with Gasteiger partial charge in [-0.05, 0) is 75.9 Å². The Morgan fingerprint density at radius 1 is 0.775 bits per heavy atom. The summed E-state index contributed by atoms with van der Waals surface area (Å²) in [6.45, 7) is 0. The minimum absolute atomic E-state index is 0.127. The number of carbonyl (C=O) groups excluding carboxylic acids is 2. The van der Waals surface area contributed by atoms with Crippen LogP contribution in [0.5, 0.6) is 5.75 Å². The maximum Gasteiger partial charge on any atom is 0.181 e. The second-order valence-corrected chi connectivity index (χ2v) is 9.43. The Hall–Kier alpha value is -5.52. The van der Waals surface area contributed by atoms with Gasteiger partial charge in [0, 0.05) is 5.56 Å². The molecule has 0 amide bonds. The molecule has 0 heterocycles. The molecule has 0 spiro atoms. The van der Waals surface area contributed by atoms with Crippen molar-refractivity contribution in [3.8, 4) is 40.1 Å². The van der Waals surface area contributed by atoms with Crippen LogP contribution in [-0.4, -0.2) is 18.7 Å². The number of nitrogens with zero attached hydrogens (tertiary/aromatic N) is 2. The number of methoxy groups -OCH3 is 1. The van der Waals surface area contributed by atoms with E-state index in [1.54, 1.807) is 24.3 Å². The van der Waals surface area contributed by atoms with Crippen LogP contribution in [0.15, 0.2) is 127 Å². The Morgan fingerprint density at radius 3 is 1.93 bits per heavy atom. The first-order valence-corrected chi connectivity index (χ1v) is 12.7. The van der Waals surface area contributed by atoms with E-state index >= 15 is 0 Å². The number of benzene rings is 4. The third-order valence-corrected chi connectivity index (χ3v) is 7.11. The molecular weight excluding hydrogens is 496 g/mol. The van der Waals surface area contributed by atoms with Crippen molar-refractivity contribution < 1.29 is 14.3 Å². The van der Waals surface area contributed by atoms with E-state index in [0.29, 0.717) is 16.9 Å². The normalized spacial score (nSPS) is 16.1. The molecule has 1 unspecified atom stereocenters. The lowest BCUT2D eigenvalue weighted by Crippen LogP contribution is -2.40. The molecular formula is C35H24N2O3. The highest BCUT2D eigenvalue weighted by Gasteiger charge is 2.47. The van der Waals surface area contributed by atoms with E-state index in [4.69, 9.17) is 4.74 Å². The van der Waals surface area contributed by atoms with Crippen molar-refractivity contribution in [2.24, 2.45) is 5.92 Å². The molecule has 0 saturated heterocycles. The molecule has 4 aromatic rings. The zero-order chi connectivity index (χ0) is 28.1. The van der Waals surface area contributed by atoms with Gasteiger partial charge in [0.25, 0.3) is 0 Å². The maximum atomic E-state index is 14.7. The number of ether oxygens (including phenoxy) is 1. The summed E-state index contributed by atoms with van der Waals surface area (Å²) in [5.41, 5.74) is 2.98. The van der Waals surface area contributed by atoms with Crippen molar-refractivity contribution in [3.05, 3.63) is 138 Å². The third-order valence-electron chi connectivity index (χ3n) is 7.11. The molecule has 5 rings (SSSR count). The van der Waals surface area contributed by atoms with Crippen LogP contribution in [0.1, 0.15) is 15.9 Å². The van der Waals surface area contributed by atoms with Crippen LogP contribution in [0.2, 0.25) is 0 Å². The zero-order valence-electron chi connectivity index (χ0n) is 21.7. The Kier molecular flexibility index (Phi) is 7.22. The minimum Gasteiger partial charge on any atom is -0.497 e. The molecule has 192 valence electrons. The monoisotopic (exact) mass is 520 g/mol. The van der Waals surface area contributed by atoms with E-state index in [2.05, 4.69) is 0 Å². The first-order chi connectivity index (χ1) is 19.5. The van der Waals surface area contributed by atoms with Crippen molar-refractivity contribution in [2.45, 2.75) is 5.41 Å². The molecule has 0 aliphatic heterocycles. The summed E-state index contributed by atoms with van der Waals surface area (Å²) in [7, 11) is 1.51. The summed E-state index contributed by atoms with van der Waals surface area (Å²) in [4.78, 5) is 27.3. The topological polar surface area (TPSA) is 90.9 Å². The van der Waals surface area contributed by atoms with Crippen LogP contribution >= 0.6 is 0 Å². The molecule has 0 fully saturated rings. The molecule has 0 radical (unpaired) electrons. The molecule has 0 aromatic heterocycles. The van der Waals surface area contributed by atoms with Crippen molar-refractivity contribution >= 4 is 11.6 Å². The van der Waals surface area contributed by atoms with E-state index in [-0.39, 0.29) is 17.1 Å². The molecule has 40 heavy (non-hydrogen) atoms. The second-order valence-electron chi connectivity index (χ2n) is 9.43. The third kappa shape index (κ3) is 4.73. The average molecular weight is 521 g/mol. The number of Topliss-reactive ketones (excluding diaryl/α,β-unsaturated/α-hetero) is 1. The van der Waals surface area contributed by atoms with E-state index in [9.17, 15) is 20.1 Å². The summed E-state index contributed by atoms with van der Waals surface area (Å²) in [6, 6.07) is 36.1. The summed E-state index contributed by atoms with van der Waals surface area (Å²) >= 11 is 0. The Balaban J connectivity index is 1.86. The van der Waals surface area contributed by atoms with Gasteiger partial charge in [-0.3, -0.25) is 9.59 Å². The molecule has 1 atom stereocenters. The van der Waals surface area contributed by atoms with Gasteiger partial charge in [-0.15, -0.1) is 0 Å². The van der Waals surface area contributed by atoms with Crippen molar-refractivity contribution in [1.29, 1.82) is 10.5 Å². The highest BCUT2D eigenvalue weighted by atomic mass is 16.5. The minimum atomic E-state index is -1.59. The smallest absolute Gasteiger partial charge is 0.181 e. The fourth-order valence-electron chi connectivity index (χ4n) is 5.14. The molecule has 0 bridgehead atoms. The Labute approximate surface area is 232 Å². The summed E-state index contributed by atoms with van der Waals surface area (Å²) in [5, 5.41) is 19.9. The summed E-state index contributed by atoms with van der Waals surface area (Å²) in [6.07, 6.45) is 4.13.